The van der Waals surface area contributed by atoms with Crippen LogP contribution < -0.4 is 20.1 Å². The average molecular weight is 408 g/mol. The molecule has 2 amide bonds. The molecule has 1 aliphatic carbocycles. The summed E-state index contributed by atoms with van der Waals surface area (Å²) in [6.45, 7) is 0. The minimum absolute atomic E-state index is 0.0407. The molecule has 6 heteroatoms. The number of carbonyl (C=O) groups excluding carboxylic acids is 2. The zero-order valence-electron chi connectivity index (χ0n) is 17.4. The van der Waals surface area contributed by atoms with Gasteiger partial charge in [-0.1, -0.05) is 24.3 Å². The fourth-order valence-electron chi connectivity index (χ4n) is 4.94. The molecule has 2 aromatic rings. The number of rotatable bonds is 5. The molecule has 0 unspecified atom stereocenters. The quantitative estimate of drug-likeness (QED) is 0.795. The summed E-state index contributed by atoms with van der Waals surface area (Å²) in [4.78, 5) is 24.8. The molecule has 0 bridgehead atoms. The van der Waals surface area contributed by atoms with Crippen LogP contribution in [0.4, 0.5) is 0 Å². The summed E-state index contributed by atoms with van der Waals surface area (Å²) in [6.07, 6.45) is 3.78. The molecule has 6 nitrogen and oxygen atoms in total. The molecule has 1 saturated carbocycles. The molecule has 0 radical (unpaired) electrons. The van der Waals surface area contributed by atoms with Crippen LogP contribution in [-0.4, -0.2) is 37.6 Å². The fourth-order valence-corrected chi connectivity index (χ4v) is 4.94. The third kappa shape index (κ3) is 3.86. The largest absolute Gasteiger partial charge is 0.493 e. The normalized spacial score (nSPS) is 25.6. The van der Waals surface area contributed by atoms with E-state index in [0.29, 0.717) is 23.5 Å². The second-order valence-corrected chi connectivity index (χ2v) is 8.18. The molecule has 4 rings (SSSR count). The summed E-state index contributed by atoms with van der Waals surface area (Å²) in [7, 11) is 3.24. The van der Waals surface area contributed by atoms with Crippen molar-refractivity contribution in [1.29, 1.82) is 0 Å². The Morgan fingerprint density at radius 2 is 1.83 bits per heavy atom. The van der Waals surface area contributed by atoms with E-state index in [0.717, 1.165) is 31.2 Å². The Morgan fingerprint density at radius 1 is 1.07 bits per heavy atom. The van der Waals surface area contributed by atoms with Gasteiger partial charge < -0.3 is 20.1 Å². The maximum absolute atomic E-state index is 12.7. The Hall–Kier alpha value is -3.02. The van der Waals surface area contributed by atoms with Gasteiger partial charge in [-0.15, -0.1) is 0 Å². The lowest BCUT2D eigenvalue weighted by Crippen LogP contribution is -2.53. The monoisotopic (exact) mass is 408 g/mol. The van der Waals surface area contributed by atoms with Crippen molar-refractivity contribution in [3.05, 3.63) is 59.7 Å². The Kier molecular flexibility index (Phi) is 5.66. The summed E-state index contributed by atoms with van der Waals surface area (Å²) in [5.41, 5.74) is 1.48. The van der Waals surface area contributed by atoms with E-state index >= 15 is 0 Å². The molecule has 2 fully saturated rings. The van der Waals surface area contributed by atoms with Crippen LogP contribution in [0.1, 0.15) is 53.9 Å². The predicted molar refractivity (Wildman–Crippen MR) is 114 cm³/mol. The predicted octanol–water partition coefficient (Wildman–Crippen LogP) is 3.42. The van der Waals surface area contributed by atoms with Crippen LogP contribution >= 0.6 is 0 Å². The molecule has 1 aliphatic heterocycles. The van der Waals surface area contributed by atoms with Crippen LogP contribution in [0.2, 0.25) is 0 Å². The van der Waals surface area contributed by atoms with Crippen LogP contribution in [0.15, 0.2) is 48.5 Å². The fraction of sp³-hybridized carbons (Fsp3) is 0.417. The van der Waals surface area contributed by atoms with Gasteiger partial charge in [-0.25, -0.2) is 0 Å². The van der Waals surface area contributed by atoms with Gasteiger partial charge in [0.25, 0.3) is 5.91 Å². The lowest BCUT2D eigenvalue weighted by atomic mass is 9.67. The number of hydrogen-bond donors (Lipinski definition) is 2. The zero-order valence-corrected chi connectivity index (χ0v) is 17.4. The highest BCUT2D eigenvalue weighted by Crippen LogP contribution is 2.47. The number of ether oxygens (including phenoxy) is 2. The lowest BCUT2D eigenvalue weighted by Gasteiger charge is -2.45. The maximum atomic E-state index is 12.7. The van der Waals surface area contributed by atoms with Crippen LogP contribution in [0.3, 0.4) is 0 Å². The Balaban J connectivity index is 1.60. The van der Waals surface area contributed by atoms with E-state index in [4.69, 9.17) is 9.47 Å². The van der Waals surface area contributed by atoms with E-state index in [1.54, 1.807) is 14.2 Å². The molecular formula is C24H28N2O4. The third-order valence-electron chi connectivity index (χ3n) is 6.49. The Labute approximate surface area is 177 Å². The topological polar surface area (TPSA) is 76.7 Å². The standard InChI is InChI=1S/C24H28N2O4/c1-29-20-9-8-17(14-21(20)30-2)19-15-18(10-12-24(19)13-11-22(27)26-24)25-23(28)16-6-4-3-5-7-16/h3-9,14,18-19H,10-13,15H2,1-2H3,(H,25,28)(H,26,27)/t18-,19+,24-/m0/s1. The SMILES string of the molecule is COc1ccc([C@H]2C[C@@H](NC(=O)c3ccccc3)CC[C@]23CCC(=O)N3)cc1OC. The highest BCUT2D eigenvalue weighted by atomic mass is 16.5. The van der Waals surface area contributed by atoms with Crippen molar-refractivity contribution < 1.29 is 19.1 Å². The second kappa shape index (κ2) is 8.38. The van der Waals surface area contributed by atoms with Crippen molar-refractivity contribution in [2.45, 2.75) is 49.6 Å². The molecule has 1 heterocycles. The van der Waals surface area contributed by atoms with Gasteiger partial charge in [-0.3, -0.25) is 9.59 Å². The molecule has 0 aromatic heterocycles. The number of hydrogen-bond acceptors (Lipinski definition) is 4. The highest BCUT2D eigenvalue weighted by molar-refractivity contribution is 5.94. The minimum Gasteiger partial charge on any atom is -0.493 e. The van der Waals surface area contributed by atoms with Crippen LogP contribution in [0.5, 0.6) is 11.5 Å². The first-order chi connectivity index (χ1) is 14.5. The molecule has 2 aromatic carbocycles. The Morgan fingerprint density at radius 3 is 2.50 bits per heavy atom. The number of amides is 2. The number of nitrogens with one attached hydrogen (secondary N) is 2. The molecule has 1 saturated heterocycles. The van der Waals surface area contributed by atoms with E-state index in [1.807, 2.05) is 48.5 Å². The van der Waals surface area contributed by atoms with Crippen LogP contribution in [0, 0.1) is 0 Å². The summed E-state index contributed by atoms with van der Waals surface area (Å²) >= 11 is 0. The van der Waals surface area contributed by atoms with E-state index in [2.05, 4.69) is 10.6 Å². The third-order valence-corrected chi connectivity index (χ3v) is 6.49. The number of carbonyl (C=O) groups is 2. The van der Waals surface area contributed by atoms with Gasteiger partial charge >= 0.3 is 0 Å². The van der Waals surface area contributed by atoms with Gasteiger partial charge in [0.2, 0.25) is 5.91 Å². The average Bonchev–Trinajstić information content (AvgIpc) is 3.16. The first-order valence-corrected chi connectivity index (χ1v) is 10.4. The maximum Gasteiger partial charge on any atom is 0.251 e. The van der Waals surface area contributed by atoms with Crippen molar-refractivity contribution in [1.82, 2.24) is 10.6 Å². The smallest absolute Gasteiger partial charge is 0.251 e. The highest BCUT2D eigenvalue weighted by Gasteiger charge is 2.48. The molecule has 3 atom stereocenters. The van der Waals surface area contributed by atoms with Crippen molar-refractivity contribution in [2.24, 2.45) is 0 Å². The lowest BCUT2D eigenvalue weighted by molar-refractivity contribution is -0.120. The van der Waals surface area contributed by atoms with Crippen molar-refractivity contribution in [2.75, 3.05) is 14.2 Å². The number of methoxy groups -OCH3 is 2. The van der Waals surface area contributed by atoms with E-state index < -0.39 is 0 Å². The van der Waals surface area contributed by atoms with Gasteiger partial charge in [0.15, 0.2) is 11.5 Å². The second-order valence-electron chi connectivity index (χ2n) is 8.18. The molecule has 2 aliphatic rings. The van der Waals surface area contributed by atoms with E-state index in [-0.39, 0.29) is 29.3 Å². The van der Waals surface area contributed by atoms with Crippen molar-refractivity contribution >= 4 is 11.8 Å². The molecule has 158 valence electrons. The van der Waals surface area contributed by atoms with E-state index in [9.17, 15) is 9.59 Å². The van der Waals surface area contributed by atoms with Gasteiger partial charge in [0, 0.05) is 29.5 Å². The van der Waals surface area contributed by atoms with Crippen LogP contribution in [0.25, 0.3) is 0 Å². The van der Waals surface area contributed by atoms with Gasteiger partial charge in [-0.2, -0.15) is 0 Å². The summed E-state index contributed by atoms with van der Waals surface area (Å²) < 4.78 is 10.9. The van der Waals surface area contributed by atoms with Gasteiger partial charge in [-0.05, 0) is 55.5 Å². The molecule has 30 heavy (non-hydrogen) atoms. The van der Waals surface area contributed by atoms with Crippen molar-refractivity contribution in [3.63, 3.8) is 0 Å². The molecule has 1 spiro atoms. The first-order valence-electron chi connectivity index (χ1n) is 10.4. The van der Waals surface area contributed by atoms with Gasteiger partial charge in [0.1, 0.15) is 0 Å². The van der Waals surface area contributed by atoms with Crippen LogP contribution in [-0.2, 0) is 4.79 Å². The minimum atomic E-state index is -0.273. The Bertz CT molecular complexity index is 930. The summed E-state index contributed by atoms with van der Waals surface area (Å²) in [5.74, 6) is 1.48. The molecular weight excluding hydrogens is 380 g/mol. The van der Waals surface area contributed by atoms with Gasteiger partial charge in [0.05, 0.1) is 14.2 Å². The summed E-state index contributed by atoms with van der Waals surface area (Å²) in [5, 5.41) is 6.46. The first kappa shape index (κ1) is 20.3. The zero-order chi connectivity index (χ0) is 21.1. The summed E-state index contributed by atoms with van der Waals surface area (Å²) in [6, 6.07) is 15.3. The molecule has 2 N–H and O–H groups in total. The number of benzene rings is 2. The van der Waals surface area contributed by atoms with E-state index in [1.165, 1.54) is 0 Å². The van der Waals surface area contributed by atoms with Crippen molar-refractivity contribution in [3.8, 4) is 11.5 Å².